The molecule has 1 aliphatic rings. The first-order valence-corrected chi connectivity index (χ1v) is 8.20. The van der Waals surface area contributed by atoms with Crippen molar-refractivity contribution >= 4 is 23.6 Å². The maximum atomic E-state index is 12.3. The molecular weight excluding hydrogens is 312 g/mol. The van der Waals surface area contributed by atoms with E-state index in [0.717, 1.165) is 11.0 Å². The second-order valence-corrected chi connectivity index (χ2v) is 6.15. The Bertz CT molecular complexity index is 749. The molecule has 6 nitrogen and oxygen atoms in total. The molecule has 0 fully saturated rings. The molecule has 0 saturated carbocycles. The minimum atomic E-state index is -0.227. The zero-order valence-electron chi connectivity index (χ0n) is 12.7. The molecule has 2 amide bonds. The number of benzene rings is 1. The molecule has 0 saturated heterocycles. The van der Waals surface area contributed by atoms with Crippen LogP contribution < -0.4 is 0 Å². The topological polar surface area (TPSA) is 68.1 Å². The Morgan fingerprint density at radius 2 is 1.83 bits per heavy atom. The Kier molecular flexibility index (Phi) is 4.29. The quantitative estimate of drug-likeness (QED) is 0.462. The van der Waals surface area contributed by atoms with Crippen LogP contribution >= 0.6 is 11.8 Å². The number of amides is 2. The summed E-state index contributed by atoms with van der Waals surface area (Å²) in [7, 11) is 0. The Labute approximate surface area is 138 Å². The van der Waals surface area contributed by atoms with E-state index in [9.17, 15) is 9.59 Å². The molecule has 23 heavy (non-hydrogen) atoms. The highest BCUT2D eigenvalue weighted by atomic mass is 32.2. The van der Waals surface area contributed by atoms with Gasteiger partial charge in [-0.05, 0) is 19.1 Å². The first kappa shape index (κ1) is 15.5. The average molecular weight is 328 g/mol. The molecule has 2 heterocycles. The van der Waals surface area contributed by atoms with Crippen molar-refractivity contribution in [3.05, 3.63) is 53.9 Å². The van der Waals surface area contributed by atoms with Gasteiger partial charge in [0.15, 0.2) is 5.16 Å². The Hall–Kier alpha value is -2.41. The van der Waals surface area contributed by atoms with Gasteiger partial charge in [0.05, 0.1) is 11.1 Å². The lowest BCUT2D eigenvalue weighted by atomic mass is 10.1. The number of hydrogen-bond acceptors (Lipinski definition) is 5. The second kappa shape index (κ2) is 6.37. The summed E-state index contributed by atoms with van der Waals surface area (Å²) < 4.78 is 1.94. The SMILES string of the molecule is C=CCn1c(C)nnc1SCCN1C(=O)c2ccccc2C1=O. The number of carbonyl (C=O) groups is 2. The summed E-state index contributed by atoms with van der Waals surface area (Å²) in [4.78, 5) is 25.8. The van der Waals surface area contributed by atoms with Crippen molar-refractivity contribution in [3.8, 4) is 0 Å². The van der Waals surface area contributed by atoms with E-state index in [2.05, 4.69) is 16.8 Å². The predicted molar refractivity (Wildman–Crippen MR) is 87.5 cm³/mol. The van der Waals surface area contributed by atoms with Crippen LogP contribution in [0.4, 0.5) is 0 Å². The zero-order valence-corrected chi connectivity index (χ0v) is 13.5. The fourth-order valence-corrected chi connectivity index (χ4v) is 3.40. The standard InChI is InChI=1S/C16H16N4O2S/c1-3-8-19-11(2)17-18-16(19)23-10-9-20-14(21)12-6-4-5-7-13(12)15(20)22/h3-7H,1,8-10H2,2H3. The molecule has 0 radical (unpaired) electrons. The average Bonchev–Trinajstić information content (AvgIpc) is 3.02. The highest BCUT2D eigenvalue weighted by molar-refractivity contribution is 7.99. The van der Waals surface area contributed by atoms with Crippen LogP contribution in [0.5, 0.6) is 0 Å². The second-order valence-electron chi connectivity index (χ2n) is 5.09. The lowest BCUT2D eigenvalue weighted by Crippen LogP contribution is -2.31. The number of fused-ring (bicyclic) bond motifs is 1. The number of hydrogen-bond donors (Lipinski definition) is 0. The summed E-state index contributed by atoms with van der Waals surface area (Å²) in [5, 5.41) is 8.92. The van der Waals surface area contributed by atoms with Crippen LogP contribution in [0.25, 0.3) is 0 Å². The molecule has 0 atom stereocenters. The van der Waals surface area contributed by atoms with Gasteiger partial charge in [-0.25, -0.2) is 0 Å². The van der Waals surface area contributed by atoms with Gasteiger partial charge in [0.2, 0.25) is 0 Å². The molecule has 0 N–H and O–H groups in total. The van der Waals surface area contributed by atoms with Crippen LogP contribution in [0.15, 0.2) is 42.1 Å². The van der Waals surface area contributed by atoms with Gasteiger partial charge in [0.1, 0.15) is 5.82 Å². The molecule has 0 unspecified atom stereocenters. The van der Waals surface area contributed by atoms with Gasteiger partial charge in [0, 0.05) is 18.8 Å². The summed E-state index contributed by atoms with van der Waals surface area (Å²) in [5.41, 5.74) is 0.960. The van der Waals surface area contributed by atoms with E-state index in [0.29, 0.717) is 30.0 Å². The third-order valence-corrected chi connectivity index (χ3v) is 4.58. The molecule has 3 rings (SSSR count). The van der Waals surface area contributed by atoms with E-state index in [1.807, 2.05) is 11.5 Å². The molecule has 1 aromatic carbocycles. The summed E-state index contributed by atoms with van der Waals surface area (Å²) >= 11 is 1.47. The Balaban J connectivity index is 1.65. The van der Waals surface area contributed by atoms with E-state index in [1.165, 1.54) is 16.7 Å². The zero-order chi connectivity index (χ0) is 16.4. The number of allylic oxidation sites excluding steroid dienone is 1. The molecule has 0 aliphatic carbocycles. The van der Waals surface area contributed by atoms with Crippen molar-refractivity contribution in [2.24, 2.45) is 0 Å². The first-order valence-electron chi connectivity index (χ1n) is 7.22. The van der Waals surface area contributed by atoms with Crippen LogP contribution in [0, 0.1) is 6.92 Å². The molecule has 0 bridgehead atoms. The molecular formula is C16H16N4O2S. The summed E-state index contributed by atoms with van der Waals surface area (Å²) in [6.45, 7) is 6.58. The van der Waals surface area contributed by atoms with Crippen molar-refractivity contribution in [3.63, 3.8) is 0 Å². The van der Waals surface area contributed by atoms with Crippen LogP contribution in [0.3, 0.4) is 0 Å². The van der Waals surface area contributed by atoms with Crippen molar-refractivity contribution in [1.82, 2.24) is 19.7 Å². The van der Waals surface area contributed by atoms with E-state index < -0.39 is 0 Å². The lowest BCUT2D eigenvalue weighted by Gasteiger charge is -2.13. The third kappa shape index (κ3) is 2.79. The van der Waals surface area contributed by atoms with Gasteiger partial charge < -0.3 is 4.57 Å². The first-order chi connectivity index (χ1) is 11.1. The van der Waals surface area contributed by atoms with E-state index >= 15 is 0 Å². The maximum absolute atomic E-state index is 12.3. The van der Waals surface area contributed by atoms with Crippen molar-refractivity contribution in [2.45, 2.75) is 18.6 Å². The van der Waals surface area contributed by atoms with Crippen LogP contribution in [0.1, 0.15) is 26.5 Å². The summed E-state index contributed by atoms with van der Waals surface area (Å²) in [6, 6.07) is 6.91. The van der Waals surface area contributed by atoms with Gasteiger partial charge in [0.25, 0.3) is 11.8 Å². The number of aryl methyl sites for hydroxylation is 1. The number of rotatable bonds is 6. The smallest absolute Gasteiger partial charge is 0.261 e. The van der Waals surface area contributed by atoms with Crippen LogP contribution in [0.2, 0.25) is 0 Å². The number of carbonyl (C=O) groups excluding carboxylic acids is 2. The van der Waals surface area contributed by atoms with E-state index in [1.54, 1.807) is 30.3 Å². The number of thioether (sulfide) groups is 1. The van der Waals surface area contributed by atoms with Gasteiger partial charge in [-0.1, -0.05) is 30.0 Å². The monoisotopic (exact) mass is 328 g/mol. The molecule has 118 valence electrons. The summed E-state index contributed by atoms with van der Waals surface area (Å²) in [5.74, 6) is 0.929. The highest BCUT2D eigenvalue weighted by Gasteiger charge is 2.34. The van der Waals surface area contributed by atoms with Crippen molar-refractivity contribution in [2.75, 3.05) is 12.3 Å². The third-order valence-electron chi connectivity index (χ3n) is 3.64. The van der Waals surface area contributed by atoms with Crippen LogP contribution in [-0.2, 0) is 6.54 Å². The van der Waals surface area contributed by atoms with Gasteiger partial charge in [-0.3, -0.25) is 14.5 Å². The van der Waals surface area contributed by atoms with Gasteiger partial charge in [-0.15, -0.1) is 16.8 Å². The van der Waals surface area contributed by atoms with E-state index in [4.69, 9.17) is 0 Å². The Morgan fingerprint density at radius 3 is 2.43 bits per heavy atom. The van der Waals surface area contributed by atoms with Gasteiger partial charge >= 0.3 is 0 Å². The predicted octanol–water partition coefficient (Wildman–Crippen LogP) is 2.16. The minimum absolute atomic E-state index is 0.227. The number of imide groups is 1. The van der Waals surface area contributed by atoms with Crippen LogP contribution in [-0.4, -0.2) is 43.8 Å². The molecule has 7 heteroatoms. The van der Waals surface area contributed by atoms with E-state index in [-0.39, 0.29) is 11.8 Å². The molecule has 2 aromatic rings. The van der Waals surface area contributed by atoms with Crippen molar-refractivity contribution in [1.29, 1.82) is 0 Å². The summed E-state index contributed by atoms with van der Waals surface area (Å²) in [6.07, 6.45) is 1.78. The normalized spacial score (nSPS) is 13.5. The molecule has 0 spiro atoms. The van der Waals surface area contributed by atoms with Crippen molar-refractivity contribution < 1.29 is 9.59 Å². The maximum Gasteiger partial charge on any atom is 0.261 e. The molecule has 1 aromatic heterocycles. The number of aromatic nitrogens is 3. The Morgan fingerprint density at radius 1 is 1.17 bits per heavy atom. The van der Waals surface area contributed by atoms with Gasteiger partial charge in [-0.2, -0.15) is 0 Å². The number of nitrogens with zero attached hydrogens (tertiary/aromatic N) is 4. The lowest BCUT2D eigenvalue weighted by molar-refractivity contribution is 0.0664. The fraction of sp³-hybridized carbons (Fsp3) is 0.250. The largest absolute Gasteiger partial charge is 0.302 e. The fourth-order valence-electron chi connectivity index (χ4n) is 2.48. The molecule has 1 aliphatic heterocycles. The minimum Gasteiger partial charge on any atom is -0.302 e. The highest BCUT2D eigenvalue weighted by Crippen LogP contribution is 2.24.